The quantitative estimate of drug-likeness (QED) is 0.486. The topological polar surface area (TPSA) is 56.9 Å². The van der Waals surface area contributed by atoms with Gasteiger partial charge in [-0.05, 0) is 31.2 Å². The van der Waals surface area contributed by atoms with Crippen molar-refractivity contribution >= 4 is 33.4 Å². The van der Waals surface area contributed by atoms with Gasteiger partial charge in [-0.1, -0.05) is 35.4 Å². The molecule has 2 aromatic carbocycles. The Kier molecular flexibility index (Phi) is 3.70. The van der Waals surface area contributed by atoms with Crippen LogP contribution in [0.15, 0.2) is 52.1 Å². The van der Waals surface area contributed by atoms with Gasteiger partial charge in [0.15, 0.2) is 0 Å². The zero-order chi connectivity index (χ0) is 18.6. The molecular weight excluding hydrogens is 350 g/mol. The Hall–Kier alpha value is -2.92. The van der Waals surface area contributed by atoms with E-state index >= 15 is 0 Å². The molecule has 0 saturated carbocycles. The second-order valence-electron chi connectivity index (χ2n) is 6.42. The molecule has 2 aromatic heterocycles. The summed E-state index contributed by atoms with van der Waals surface area (Å²) in [6.45, 7) is 1.97. The molecule has 4 rings (SSSR count). The van der Waals surface area contributed by atoms with Gasteiger partial charge in [-0.15, -0.1) is 0 Å². The average Bonchev–Trinajstić information content (AvgIpc) is 2.64. The predicted octanol–water partition coefficient (Wildman–Crippen LogP) is 3.41. The van der Waals surface area contributed by atoms with Crippen molar-refractivity contribution in [3.63, 3.8) is 0 Å². The van der Waals surface area contributed by atoms with Gasteiger partial charge in [0, 0.05) is 30.1 Å². The molecule has 0 spiro atoms. The number of rotatable bonds is 1. The molecule has 0 aliphatic rings. The highest BCUT2D eigenvalue weighted by molar-refractivity contribution is 6.30. The van der Waals surface area contributed by atoms with Gasteiger partial charge in [-0.25, -0.2) is 9.78 Å². The number of fused-ring (bicyclic) bond motifs is 3. The number of hydrogen-bond acceptors (Lipinski definition) is 3. The maximum Gasteiger partial charge on any atom is 0.330 e. The van der Waals surface area contributed by atoms with Crippen molar-refractivity contribution in [3.05, 3.63) is 73.9 Å². The molecular formula is C20H16ClN3O2. The lowest BCUT2D eigenvalue weighted by Crippen LogP contribution is -2.37. The molecule has 0 saturated heterocycles. The van der Waals surface area contributed by atoms with Gasteiger partial charge in [0.1, 0.15) is 0 Å². The minimum Gasteiger partial charge on any atom is -0.295 e. The number of pyridine rings is 1. The van der Waals surface area contributed by atoms with Crippen molar-refractivity contribution in [2.24, 2.45) is 14.1 Å². The first-order valence-corrected chi connectivity index (χ1v) is 8.52. The normalized spacial score (nSPS) is 11.4. The van der Waals surface area contributed by atoms with Crippen LogP contribution in [-0.2, 0) is 14.1 Å². The van der Waals surface area contributed by atoms with Gasteiger partial charge in [0.05, 0.1) is 22.1 Å². The summed E-state index contributed by atoms with van der Waals surface area (Å²) in [4.78, 5) is 30.2. The second kappa shape index (κ2) is 5.81. The monoisotopic (exact) mass is 365 g/mol. The lowest BCUT2D eigenvalue weighted by molar-refractivity contribution is 0.715. The zero-order valence-corrected chi connectivity index (χ0v) is 15.3. The molecule has 0 fully saturated rings. The van der Waals surface area contributed by atoms with Crippen LogP contribution in [0.1, 0.15) is 5.56 Å². The van der Waals surface area contributed by atoms with Crippen molar-refractivity contribution in [2.45, 2.75) is 6.92 Å². The van der Waals surface area contributed by atoms with E-state index in [1.54, 1.807) is 19.2 Å². The van der Waals surface area contributed by atoms with Crippen molar-refractivity contribution in [1.82, 2.24) is 14.1 Å². The van der Waals surface area contributed by atoms with E-state index in [4.69, 9.17) is 16.6 Å². The van der Waals surface area contributed by atoms with Crippen LogP contribution < -0.4 is 11.2 Å². The minimum absolute atomic E-state index is 0.357. The smallest absolute Gasteiger partial charge is 0.295 e. The number of nitrogens with zero attached hydrogens (tertiary/aromatic N) is 3. The van der Waals surface area contributed by atoms with E-state index in [2.05, 4.69) is 0 Å². The molecule has 2 heterocycles. The minimum atomic E-state index is -0.362. The SMILES string of the molecule is Cc1ccc2nc(-c3ccc(Cl)cc3)c3c(=O)n(C)c(=O)n(C)c3c2c1. The fraction of sp³-hybridized carbons (Fsp3) is 0.150. The number of halogens is 1. The Morgan fingerprint density at radius 1 is 0.962 bits per heavy atom. The lowest BCUT2D eigenvalue weighted by Gasteiger charge is -2.14. The third kappa shape index (κ3) is 2.35. The van der Waals surface area contributed by atoms with Gasteiger partial charge < -0.3 is 0 Å². The van der Waals surface area contributed by atoms with Crippen LogP contribution in [0.2, 0.25) is 5.02 Å². The number of aryl methyl sites for hydroxylation is 2. The van der Waals surface area contributed by atoms with Gasteiger partial charge in [-0.3, -0.25) is 13.9 Å². The van der Waals surface area contributed by atoms with Crippen LogP contribution in [0.4, 0.5) is 0 Å². The van der Waals surface area contributed by atoms with Crippen LogP contribution in [0, 0.1) is 6.92 Å². The van der Waals surface area contributed by atoms with Crippen molar-refractivity contribution in [3.8, 4) is 11.3 Å². The third-order valence-corrected chi connectivity index (χ3v) is 4.91. The van der Waals surface area contributed by atoms with Crippen LogP contribution in [0.25, 0.3) is 33.1 Å². The highest BCUT2D eigenvalue weighted by Gasteiger charge is 2.18. The summed E-state index contributed by atoms with van der Waals surface area (Å²) in [5.41, 5.74) is 2.96. The summed E-state index contributed by atoms with van der Waals surface area (Å²) in [6.07, 6.45) is 0. The third-order valence-electron chi connectivity index (χ3n) is 4.66. The molecule has 0 radical (unpaired) electrons. The Morgan fingerprint density at radius 2 is 1.65 bits per heavy atom. The predicted molar refractivity (Wildman–Crippen MR) is 105 cm³/mol. The second-order valence-corrected chi connectivity index (χ2v) is 6.85. The van der Waals surface area contributed by atoms with E-state index in [0.29, 0.717) is 21.6 Å². The van der Waals surface area contributed by atoms with Gasteiger partial charge >= 0.3 is 5.69 Å². The molecule has 0 aliphatic carbocycles. The Bertz CT molecular complexity index is 1300. The summed E-state index contributed by atoms with van der Waals surface area (Å²) < 4.78 is 2.63. The lowest BCUT2D eigenvalue weighted by atomic mass is 10.0. The molecule has 6 heteroatoms. The fourth-order valence-corrected chi connectivity index (χ4v) is 3.43. The van der Waals surface area contributed by atoms with E-state index < -0.39 is 0 Å². The Morgan fingerprint density at radius 3 is 2.35 bits per heavy atom. The molecule has 0 bridgehead atoms. The first-order valence-electron chi connectivity index (χ1n) is 8.14. The van der Waals surface area contributed by atoms with E-state index in [1.807, 2.05) is 37.3 Å². The van der Waals surface area contributed by atoms with Crippen molar-refractivity contribution in [1.29, 1.82) is 0 Å². The van der Waals surface area contributed by atoms with E-state index in [0.717, 1.165) is 26.6 Å². The van der Waals surface area contributed by atoms with Crippen molar-refractivity contribution < 1.29 is 0 Å². The maximum atomic E-state index is 13.0. The summed E-state index contributed by atoms with van der Waals surface area (Å²) >= 11 is 6.00. The van der Waals surface area contributed by atoms with Gasteiger partial charge in [0.2, 0.25) is 0 Å². The van der Waals surface area contributed by atoms with E-state index in [1.165, 1.54) is 11.6 Å². The largest absolute Gasteiger partial charge is 0.330 e. The summed E-state index contributed by atoms with van der Waals surface area (Å²) in [7, 11) is 3.16. The maximum absolute atomic E-state index is 13.0. The molecule has 0 amide bonds. The van der Waals surface area contributed by atoms with Crippen LogP contribution in [0.5, 0.6) is 0 Å². The summed E-state index contributed by atoms with van der Waals surface area (Å²) in [6, 6.07) is 13.0. The van der Waals surface area contributed by atoms with Gasteiger partial charge in [0.25, 0.3) is 5.56 Å². The molecule has 0 atom stereocenters. The molecule has 5 nitrogen and oxygen atoms in total. The standard InChI is InChI=1S/C20H16ClN3O2/c1-11-4-9-15-14(10-11)18-16(19(25)24(3)20(26)23(18)2)17(22-15)12-5-7-13(21)8-6-12/h4-10H,1-3H3. The Labute approximate surface area is 154 Å². The molecule has 4 aromatic rings. The van der Waals surface area contributed by atoms with Crippen LogP contribution >= 0.6 is 11.6 Å². The number of hydrogen-bond donors (Lipinski definition) is 0. The van der Waals surface area contributed by atoms with Crippen LogP contribution in [0.3, 0.4) is 0 Å². The molecule has 0 unspecified atom stereocenters. The van der Waals surface area contributed by atoms with Crippen molar-refractivity contribution in [2.75, 3.05) is 0 Å². The summed E-state index contributed by atoms with van der Waals surface area (Å²) in [5.74, 6) is 0. The fourth-order valence-electron chi connectivity index (χ4n) is 3.30. The zero-order valence-electron chi connectivity index (χ0n) is 14.6. The highest BCUT2D eigenvalue weighted by atomic mass is 35.5. The molecule has 0 aliphatic heterocycles. The Balaban J connectivity index is 2.32. The van der Waals surface area contributed by atoms with Crippen LogP contribution in [-0.4, -0.2) is 14.1 Å². The molecule has 26 heavy (non-hydrogen) atoms. The molecule has 0 N–H and O–H groups in total. The van der Waals surface area contributed by atoms with Gasteiger partial charge in [-0.2, -0.15) is 0 Å². The highest BCUT2D eigenvalue weighted by Crippen LogP contribution is 2.30. The first kappa shape index (κ1) is 16.5. The van der Waals surface area contributed by atoms with E-state index in [-0.39, 0.29) is 11.2 Å². The number of benzene rings is 2. The summed E-state index contributed by atoms with van der Waals surface area (Å²) in [5, 5.41) is 1.82. The molecule has 130 valence electrons. The van der Waals surface area contributed by atoms with E-state index in [9.17, 15) is 9.59 Å². The number of aromatic nitrogens is 3. The average molecular weight is 366 g/mol. The first-order chi connectivity index (χ1) is 12.4.